The summed E-state index contributed by atoms with van der Waals surface area (Å²) in [5.41, 5.74) is 1.68. The highest BCUT2D eigenvalue weighted by Gasteiger charge is 2.68. The number of carboxylic acids is 1. The number of aliphatic hydroxyl groups is 1. The van der Waals surface area contributed by atoms with Gasteiger partial charge in [0.1, 0.15) is 12.2 Å². The van der Waals surface area contributed by atoms with E-state index in [-0.39, 0.29) is 46.1 Å². The van der Waals surface area contributed by atoms with Gasteiger partial charge in [0.05, 0.1) is 6.10 Å². The summed E-state index contributed by atoms with van der Waals surface area (Å²) >= 11 is 0. The largest absolute Gasteiger partial charge is 0.478 e. The van der Waals surface area contributed by atoms with Crippen LogP contribution in [0.3, 0.4) is 0 Å². The first-order valence-corrected chi connectivity index (χ1v) is 15.6. The van der Waals surface area contributed by atoms with Gasteiger partial charge in [0.25, 0.3) is 0 Å². The van der Waals surface area contributed by atoms with E-state index < -0.39 is 23.6 Å². The second-order valence-electron chi connectivity index (χ2n) is 14.9. The van der Waals surface area contributed by atoms with Crippen LogP contribution in [0, 0.1) is 39.4 Å². The Morgan fingerprint density at radius 2 is 1.63 bits per heavy atom. The van der Waals surface area contributed by atoms with E-state index in [0.717, 1.165) is 37.7 Å². The van der Waals surface area contributed by atoms with E-state index in [1.807, 2.05) is 0 Å². The molecule has 0 amide bonds. The number of ether oxygens (including phenoxy) is 2. The minimum atomic E-state index is -0.883. The van der Waals surface area contributed by atoms with Gasteiger partial charge in [-0.15, -0.1) is 0 Å². The number of rotatable bonds is 7. The molecule has 4 rings (SSSR count). The van der Waals surface area contributed by atoms with E-state index in [0.29, 0.717) is 30.8 Å². The molecule has 0 aliphatic heterocycles. The Morgan fingerprint density at radius 1 is 1.00 bits per heavy atom. The quantitative estimate of drug-likeness (QED) is 0.200. The standard InChI is InChI=1S/C34H52O7/c1-19(11-10-12-20(2)30(38)39)24-17-27(37)34(9)29-23(13-16-33(24,34)8)32(7)15-14-28(41-22(4)36)31(5,6)26(32)18-25(29)40-21(3)35/h12,19,24-28,37H,10-11,13-18H2,1-9H3,(H,38,39)/b20-12+/t19-,24-,25-,26+,27+,28+,32-,33-,34+/m1/s1. The Balaban J connectivity index is 1.76. The maximum atomic E-state index is 12.5. The van der Waals surface area contributed by atoms with Crippen molar-refractivity contribution in [2.75, 3.05) is 0 Å². The van der Waals surface area contributed by atoms with Crippen molar-refractivity contribution in [1.29, 1.82) is 0 Å². The topological polar surface area (TPSA) is 110 Å². The maximum Gasteiger partial charge on any atom is 0.330 e. The third kappa shape index (κ3) is 4.98. The molecule has 4 aliphatic rings. The van der Waals surface area contributed by atoms with Crippen LogP contribution in [0.2, 0.25) is 0 Å². The number of hydrogen-bond acceptors (Lipinski definition) is 6. The Bertz CT molecular complexity index is 1150. The number of hydrogen-bond donors (Lipinski definition) is 2. The van der Waals surface area contributed by atoms with E-state index >= 15 is 0 Å². The molecule has 0 spiro atoms. The van der Waals surface area contributed by atoms with Crippen molar-refractivity contribution in [2.24, 2.45) is 39.4 Å². The smallest absolute Gasteiger partial charge is 0.330 e. The SMILES string of the molecule is CC(=O)O[C@H]1CC[C@]2(C)C3=C([C@H](OC(C)=O)C[C@H]2C1(C)C)[C@]1(C)[C@@H](O)C[C@H]([C@H](C)CC/C=C(\C)C(=O)O)[C@@]1(C)CC3. The number of aliphatic hydroxyl groups excluding tert-OH is 1. The molecule has 41 heavy (non-hydrogen) atoms. The van der Waals surface area contributed by atoms with Crippen LogP contribution >= 0.6 is 0 Å². The lowest BCUT2D eigenvalue weighted by atomic mass is 9.42. The fourth-order valence-electron chi connectivity index (χ4n) is 10.1. The molecule has 0 radical (unpaired) electrons. The maximum absolute atomic E-state index is 12.5. The number of carboxylic acid groups (broad SMARTS) is 1. The Labute approximate surface area is 246 Å². The lowest BCUT2D eigenvalue weighted by Crippen LogP contribution is -2.60. The summed E-state index contributed by atoms with van der Waals surface area (Å²) in [6, 6.07) is 0. The molecular weight excluding hydrogens is 520 g/mol. The minimum absolute atomic E-state index is 0.140. The summed E-state index contributed by atoms with van der Waals surface area (Å²) in [5.74, 6) is -0.747. The van der Waals surface area contributed by atoms with Crippen LogP contribution in [-0.4, -0.2) is 46.4 Å². The van der Waals surface area contributed by atoms with Crippen molar-refractivity contribution in [2.45, 2.75) is 132 Å². The molecule has 2 N–H and O–H groups in total. The van der Waals surface area contributed by atoms with Crippen molar-refractivity contribution < 1.29 is 34.1 Å². The summed E-state index contributed by atoms with van der Waals surface area (Å²) in [6.45, 7) is 18.1. The molecule has 7 heteroatoms. The molecule has 0 aromatic heterocycles. The van der Waals surface area contributed by atoms with Crippen molar-refractivity contribution >= 4 is 17.9 Å². The Hall–Kier alpha value is -2.15. The van der Waals surface area contributed by atoms with Crippen LogP contribution in [0.15, 0.2) is 22.8 Å². The lowest BCUT2D eigenvalue weighted by molar-refractivity contribution is -0.173. The summed E-state index contributed by atoms with van der Waals surface area (Å²) in [7, 11) is 0. The lowest BCUT2D eigenvalue weighted by Gasteiger charge is -2.63. The van der Waals surface area contributed by atoms with E-state index in [2.05, 4.69) is 41.5 Å². The number of fused-ring (bicyclic) bond motifs is 4. The van der Waals surface area contributed by atoms with Gasteiger partial charge in [-0.25, -0.2) is 4.79 Å². The van der Waals surface area contributed by atoms with Gasteiger partial charge in [0.2, 0.25) is 0 Å². The van der Waals surface area contributed by atoms with Crippen molar-refractivity contribution in [1.82, 2.24) is 0 Å². The van der Waals surface area contributed by atoms with Crippen LogP contribution in [0.4, 0.5) is 0 Å². The highest BCUT2D eigenvalue weighted by atomic mass is 16.5. The first kappa shape index (κ1) is 31.8. The van der Waals surface area contributed by atoms with Crippen LogP contribution in [0.25, 0.3) is 0 Å². The van der Waals surface area contributed by atoms with Gasteiger partial charge in [-0.2, -0.15) is 0 Å². The zero-order valence-corrected chi connectivity index (χ0v) is 26.6. The van der Waals surface area contributed by atoms with Gasteiger partial charge >= 0.3 is 17.9 Å². The summed E-state index contributed by atoms with van der Waals surface area (Å²) in [6.07, 6.45) is 7.03. The zero-order chi connectivity index (χ0) is 30.7. The van der Waals surface area contributed by atoms with Crippen molar-refractivity contribution in [3.05, 3.63) is 22.8 Å². The Morgan fingerprint density at radius 3 is 2.22 bits per heavy atom. The van der Waals surface area contributed by atoms with Crippen LogP contribution in [0.1, 0.15) is 114 Å². The van der Waals surface area contributed by atoms with Gasteiger partial charge < -0.3 is 19.7 Å². The predicted octanol–water partition coefficient (Wildman–Crippen LogP) is 6.63. The first-order chi connectivity index (χ1) is 18.9. The molecule has 4 aliphatic carbocycles. The highest BCUT2D eigenvalue weighted by Crippen LogP contribution is 2.73. The van der Waals surface area contributed by atoms with E-state index in [4.69, 9.17) is 9.47 Å². The number of esters is 2. The first-order valence-electron chi connectivity index (χ1n) is 15.6. The average Bonchev–Trinajstić information content (AvgIpc) is 3.07. The molecule has 0 aromatic carbocycles. The fourth-order valence-corrected chi connectivity index (χ4v) is 10.1. The number of carbonyl (C=O) groups excluding carboxylic acids is 2. The molecule has 0 bridgehead atoms. The van der Waals surface area contributed by atoms with Crippen LogP contribution < -0.4 is 0 Å². The summed E-state index contributed by atoms with van der Waals surface area (Å²) in [5, 5.41) is 21.2. The fraction of sp³-hybridized carbons (Fsp3) is 0.794. The molecule has 230 valence electrons. The molecule has 9 atom stereocenters. The number of allylic oxidation sites excluding steroid dienone is 2. The van der Waals surface area contributed by atoms with E-state index in [1.165, 1.54) is 19.4 Å². The van der Waals surface area contributed by atoms with Crippen LogP contribution in [-0.2, 0) is 23.9 Å². The summed E-state index contributed by atoms with van der Waals surface area (Å²) < 4.78 is 12.0. The molecule has 7 nitrogen and oxygen atoms in total. The van der Waals surface area contributed by atoms with Crippen molar-refractivity contribution in [3.63, 3.8) is 0 Å². The molecule has 2 fully saturated rings. The van der Waals surface area contributed by atoms with Gasteiger partial charge in [-0.3, -0.25) is 9.59 Å². The van der Waals surface area contributed by atoms with E-state index in [9.17, 15) is 24.6 Å². The molecule has 0 heterocycles. The molecule has 0 aromatic rings. The molecular formula is C34H52O7. The molecule has 0 unspecified atom stereocenters. The minimum Gasteiger partial charge on any atom is -0.478 e. The normalized spacial score (nSPS) is 40.6. The van der Waals surface area contributed by atoms with E-state index in [1.54, 1.807) is 13.0 Å². The van der Waals surface area contributed by atoms with Gasteiger partial charge in [-0.05, 0) is 92.4 Å². The van der Waals surface area contributed by atoms with Gasteiger partial charge in [0.15, 0.2) is 0 Å². The average molecular weight is 573 g/mol. The molecule has 2 saturated carbocycles. The predicted molar refractivity (Wildman–Crippen MR) is 157 cm³/mol. The Kier molecular flexibility index (Phi) is 8.40. The van der Waals surface area contributed by atoms with Gasteiger partial charge in [0, 0.05) is 30.3 Å². The second-order valence-corrected chi connectivity index (χ2v) is 14.9. The second kappa shape index (κ2) is 10.8. The number of aliphatic carboxylic acids is 1. The highest BCUT2D eigenvalue weighted by molar-refractivity contribution is 5.85. The summed E-state index contributed by atoms with van der Waals surface area (Å²) in [4.78, 5) is 35.8. The van der Waals surface area contributed by atoms with Crippen LogP contribution in [0.5, 0.6) is 0 Å². The van der Waals surface area contributed by atoms with Crippen molar-refractivity contribution in [3.8, 4) is 0 Å². The third-order valence-corrected chi connectivity index (χ3v) is 12.5. The molecule has 0 saturated heterocycles. The number of carbonyl (C=O) groups is 3. The zero-order valence-electron chi connectivity index (χ0n) is 26.6. The van der Waals surface area contributed by atoms with Gasteiger partial charge in [-0.1, -0.05) is 53.2 Å². The monoisotopic (exact) mass is 572 g/mol. The third-order valence-electron chi connectivity index (χ3n) is 12.5.